The standard InChI is InChI=1S/C17H13Cl2N7O5S2/c18-5-3-21-4-8(9(5)19)32-7-2-1-6-10(15(28)26(6)12(7)16(29)30)22-14(27)11(24-31)13-23-17(20)33-25-13/h3-4,6,10,31H,1-2H2,(H,22,27)(H,29,30)(H2,20,23,25)/b24-11-. The smallest absolute Gasteiger partial charge is 0.353 e. The number of carboxylic acid groups (broad SMARTS) is 1. The number of thioether (sulfide) groups is 1. The number of nitrogens with two attached hydrogens (primary N) is 1. The van der Waals surface area contributed by atoms with Gasteiger partial charge in [0.1, 0.15) is 11.7 Å². The topological polar surface area (TPSA) is 184 Å². The van der Waals surface area contributed by atoms with Gasteiger partial charge in [0, 0.05) is 28.8 Å². The summed E-state index contributed by atoms with van der Waals surface area (Å²) in [4.78, 5) is 47.1. The molecule has 33 heavy (non-hydrogen) atoms. The monoisotopic (exact) mass is 529 g/mol. The predicted molar refractivity (Wildman–Crippen MR) is 119 cm³/mol. The van der Waals surface area contributed by atoms with Crippen LogP contribution in [0.3, 0.4) is 0 Å². The number of nitrogen functional groups attached to an aromatic ring is 1. The Morgan fingerprint density at radius 3 is 2.76 bits per heavy atom. The zero-order valence-electron chi connectivity index (χ0n) is 16.2. The van der Waals surface area contributed by atoms with Crippen molar-refractivity contribution in [3.05, 3.63) is 38.9 Å². The first kappa shape index (κ1) is 23.2. The Hall–Kier alpha value is -2.94. The van der Waals surface area contributed by atoms with Gasteiger partial charge in [0.25, 0.3) is 11.8 Å². The number of carboxylic acids is 1. The number of anilines is 1. The summed E-state index contributed by atoms with van der Waals surface area (Å²) < 4.78 is 3.80. The number of amides is 2. The molecule has 2 atom stereocenters. The average molecular weight is 530 g/mol. The normalized spacial score (nSPS) is 20.4. The van der Waals surface area contributed by atoms with Gasteiger partial charge in [0.2, 0.25) is 11.5 Å². The Morgan fingerprint density at radius 1 is 1.36 bits per heavy atom. The minimum absolute atomic E-state index is 0.0633. The number of halogens is 2. The van der Waals surface area contributed by atoms with Crippen molar-refractivity contribution >= 4 is 75.1 Å². The fourth-order valence-electron chi connectivity index (χ4n) is 3.47. The van der Waals surface area contributed by atoms with Crippen molar-refractivity contribution < 1.29 is 24.7 Å². The molecule has 12 nitrogen and oxygen atoms in total. The van der Waals surface area contributed by atoms with Crippen LogP contribution in [0, 0.1) is 0 Å². The van der Waals surface area contributed by atoms with E-state index in [0.717, 1.165) is 28.2 Å². The molecule has 0 bridgehead atoms. The summed E-state index contributed by atoms with van der Waals surface area (Å²) in [5.74, 6) is -3.01. The SMILES string of the molecule is Nc1nc(/C(=N/O)C(=O)NC2C(=O)N3C(C(=O)O)=C(Sc4cncc(Cl)c4Cl)CCC23)ns1. The first-order valence-corrected chi connectivity index (χ1v) is 11.5. The minimum Gasteiger partial charge on any atom is -0.477 e. The largest absolute Gasteiger partial charge is 0.477 e. The van der Waals surface area contributed by atoms with Crippen LogP contribution in [0.4, 0.5) is 5.13 Å². The fraction of sp³-hybridized carbons (Fsp3) is 0.235. The second kappa shape index (κ2) is 9.13. The van der Waals surface area contributed by atoms with Crippen LogP contribution in [-0.2, 0) is 14.4 Å². The van der Waals surface area contributed by atoms with Crippen LogP contribution in [0.25, 0.3) is 0 Å². The molecule has 0 saturated carbocycles. The lowest BCUT2D eigenvalue weighted by Gasteiger charge is -2.50. The molecule has 4 rings (SSSR count). The number of aliphatic carboxylic acids is 1. The van der Waals surface area contributed by atoms with E-state index in [-0.39, 0.29) is 26.7 Å². The number of fused-ring (bicyclic) bond motifs is 1. The highest BCUT2D eigenvalue weighted by Gasteiger charge is 2.54. The zero-order chi connectivity index (χ0) is 23.9. The number of rotatable bonds is 6. The minimum atomic E-state index is -1.30. The number of hydrogen-bond donors (Lipinski definition) is 4. The molecular formula is C17H13Cl2N7O5S2. The third-order valence-corrected chi connectivity index (χ3v) is 7.51. The average Bonchev–Trinajstić information content (AvgIpc) is 3.20. The fourth-order valence-corrected chi connectivity index (χ4v) is 5.41. The number of allylic oxidation sites excluding steroid dienone is 1. The van der Waals surface area contributed by atoms with E-state index in [2.05, 4.69) is 24.8 Å². The molecule has 0 aliphatic carbocycles. The number of pyridine rings is 1. The van der Waals surface area contributed by atoms with Crippen molar-refractivity contribution in [2.75, 3.05) is 5.73 Å². The molecule has 0 radical (unpaired) electrons. The van der Waals surface area contributed by atoms with Crippen LogP contribution in [0.15, 0.2) is 33.0 Å². The van der Waals surface area contributed by atoms with Gasteiger partial charge in [-0.2, -0.15) is 9.36 Å². The van der Waals surface area contributed by atoms with Crippen LogP contribution >= 0.6 is 46.5 Å². The van der Waals surface area contributed by atoms with Gasteiger partial charge in [0.15, 0.2) is 5.13 Å². The Kier molecular flexibility index (Phi) is 6.43. The van der Waals surface area contributed by atoms with Crippen LogP contribution in [0.2, 0.25) is 10.0 Å². The molecule has 2 aromatic heterocycles. The molecule has 1 saturated heterocycles. The summed E-state index contributed by atoms with van der Waals surface area (Å²) in [7, 11) is 0. The third-order valence-electron chi connectivity index (χ3n) is 4.89. The molecule has 0 aromatic carbocycles. The second-order valence-corrected chi connectivity index (χ2v) is 9.49. The number of hydrogen-bond acceptors (Lipinski definition) is 11. The van der Waals surface area contributed by atoms with Crippen LogP contribution in [0.1, 0.15) is 18.7 Å². The number of oxime groups is 1. The first-order valence-electron chi connectivity index (χ1n) is 9.11. The van der Waals surface area contributed by atoms with Crippen molar-refractivity contribution in [3.63, 3.8) is 0 Å². The van der Waals surface area contributed by atoms with E-state index >= 15 is 0 Å². The summed E-state index contributed by atoms with van der Waals surface area (Å²) in [5, 5.41) is 24.8. The van der Waals surface area contributed by atoms with Gasteiger partial charge < -0.3 is 21.4 Å². The van der Waals surface area contributed by atoms with Gasteiger partial charge in [-0.05, 0) is 12.8 Å². The van der Waals surface area contributed by atoms with Crippen LogP contribution in [-0.4, -0.2) is 65.1 Å². The predicted octanol–water partition coefficient (Wildman–Crippen LogP) is 1.58. The maximum atomic E-state index is 12.8. The Labute approximate surface area is 203 Å². The summed E-state index contributed by atoms with van der Waals surface area (Å²) in [6, 6.07) is -1.61. The molecule has 16 heteroatoms. The molecule has 2 aromatic rings. The quantitative estimate of drug-likeness (QED) is 0.185. The highest BCUT2D eigenvalue weighted by Crippen LogP contribution is 2.45. The second-order valence-electron chi connectivity index (χ2n) is 6.78. The summed E-state index contributed by atoms with van der Waals surface area (Å²) in [6.07, 6.45) is 3.49. The number of carbonyl (C=O) groups excluding carboxylic acids is 2. The molecule has 0 spiro atoms. The Bertz CT molecular complexity index is 1230. The maximum Gasteiger partial charge on any atom is 0.353 e. The van der Waals surface area contributed by atoms with Gasteiger partial charge in [-0.3, -0.25) is 19.5 Å². The molecular weight excluding hydrogens is 517 g/mol. The van der Waals surface area contributed by atoms with E-state index in [1.165, 1.54) is 12.4 Å². The van der Waals surface area contributed by atoms with E-state index in [0.29, 0.717) is 22.6 Å². The lowest BCUT2D eigenvalue weighted by molar-refractivity contribution is -0.155. The van der Waals surface area contributed by atoms with Crippen LogP contribution in [0.5, 0.6) is 0 Å². The third kappa shape index (κ3) is 4.21. The number of aromatic nitrogens is 3. The molecule has 2 amide bonds. The lowest BCUT2D eigenvalue weighted by atomic mass is 9.86. The van der Waals surface area contributed by atoms with Gasteiger partial charge >= 0.3 is 5.97 Å². The van der Waals surface area contributed by atoms with Crippen molar-refractivity contribution in [2.24, 2.45) is 5.16 Å². The van der Waals surface area contributed by atoms with E-state index in [9.17, 15) is 24.7 Å². The summed E-state index contributed by atoms with van der Waals surface area (Å²) in [6.45, 7) is 0. The molecule has 2 aliphatic heterocycles. The molecule has 5 N–H and O–H groups in total. The lowest BCUT2D eigenvalue weighted by Crippen LogP contribution is -2.72. The van der Waals surface area contributed by atoms with E-state index in [1.54, 1.807) is 0 Å². The van der Waals surface area contributed by atoms with E-state index in [1.807, 2.05) is 0 Å². The van der Waals surface area contributed by atoms with Crippen molar-refractivity contribution in [2.45, 2.75) is 29.8 Å². The molecule has 1 fully saturated rings. The summed E-state index contributed by atoms with van der Waals surface area (Å²) >= 11 is 14.0. The Morgan fingerprint density at radius 2 is 2.12 bits per heavy atom. The van der Waals surface area contributed by atoms with Gasteiger partial charge in [-0.15, -0.1) is 0 Å². The first-order chi connectivity index (χ1) is 15.7. The number of carbonyl (C=O) groups is 3. The van der Waals surface area contributed by atoms with Crippen molar-refractivity contribution in [1.82, 2.24) is 24.6 Å². The van der Waals surface area contributed by atoms with E-state index < -0.39 is 35.6 Å². The van der Waals surface area contributed by atoms with E-state index in [4.69, 9.17) is 28.9 Å². The highest BCUT2D eigenvalue weighted by atomic mass is 35.5. The maximum absolute atomic E-state index is 12.8. The van der Waals surface area contributed by atoms with Crippen molar-refractivity contribution in [1.29, 1.82) is 0 Å². The molecule has 172 valence electrons. The Balaban J connectivity index is 1.55. The number of β-lactam (4-membered cyclic amide) rings is 1. The number of nitrogens with zero attached hydrogens (tertiary/aromatic N) is 5. The molecule has 4 heterocycles. The van der Waals surface area contributed by atoms with Gasteiger partial charge in [-0.1, -0.05) is 40.1 Å². The number of nitrogens with one attached hydrogen (secondary N) is 1. The van der Waals surface area contributed by atoms with Crippen LogP contribution < -0.4 is 11.1 Å². The highest BCUT2D eigenvalue weighted by molar-refractivity contribution is 8.03. The van der Waals surface area contributed by atoms with Crippen molar-refractivity contribution in [3.8, 4) is 0 Å². The summed E-state index contributed by atoms with van der Waals surface area (Å²) in [5.41, 5.74) is 4.77. The zero-order valence-corrected chi connectivity index (χ0v) is 19.4. The molecule has 2 aliphatic rings. The molecule has 2 unspecified atom stereocenters. The van der Waals surface area contributed by atoms with Gasteiger partial charge in [-0.25, -0.2) is 4.79 Å². The van der Waals surface area contributed by atoms with Gasteiger partial charge in [0.05, 0.1) is 21.0 Å².